The Morgan fingerprint density at radius 1 is 1.10 bits per heavy atom. The molecule has 0 saturated carbocycles. The summed E-state index contributed by atoms with van der Waals surface area (Å²) in [6.07, 6.45) is 10.7. The quantitative estimate of drug-likeness (QED) is 0.133. The van der Waals surface area contributed by atoms with E-state index < -0.39 is 17.1 Å². The molecule has 0 radical (unpaired) electrons. The Bertz CT molecular complexity index is 1710. The van der Waals surface area contributed by atoms with Crippen molar-refractivity contribution in [3.63, 3.8) is 0 Å². The normalized spacial score (nSPS) is 20.6. The zero-order chi connectivity index (χ0) is 36.4. The largest absolute Gasteiger partial charge is 0.488 e. The fourth-order valence-corrected chi connectivity index (χ4v) is 7.01. The summed E-state index contributed by atoms with van der Waals surface area (Å²) >= 11 is 6.93. The number of aliphatic hydroxyl groups is 3. The van der Waals surface area contributed by atoms with Gasteiger partial charge in [-0.05, 0) is 49.1 Å². The van der Waals surface area contributed by atoms with Crippen LogP contribution in [0.15, 0.2) is 79.2 Å². The van der Waals surface area contributed by atoms with Crippen LogP contribution in [-0.4, -0.2) is 89.0 Å². The number of ether oxygens (including phenoxy) is 3. The van der Waals surface area contributed by atoms with Crippen molar-refractivity contribution in [1.29, 1.82) is 5.26 Å². The number of benzene rings is 2. The first-order valence-corrected chi connectivity index (χ1v) is 17.9. The molecule has 1 aliphatic carbocycles. The highest BCUT2D eigenvalue weighted by atomic mass is 35.5. The summed E-state index contributed by atoms with van der Waals surface area (Å²) < 4.78 is 19.8. The number of halogens is 1. The van der Waals surface area contributed by atoms with E-state index in [0.717, 1.165) is 37.1 Å². The van der Waals surface area contributed by atoms with Gasteiger partial charge in [0.2, 0.25) is 0 Å². The molecule has 2 aromatic carbocycles. The van der Waals surface area contributed by atoms with E-state index >= 15 is 0 Å². The van der Waals surface area contributed by atoms with Gasteiger partial charge in [0.15, 0.2) is 0 Å². The predicted octanol–water partition coefficient (Wildman–Crippen LogP) is 5.46. The number of nitrogens with zero attached hydrogens (tertiary/aromatic N) is 3. The molecular formula is C40H49ClN4O6. The molecule has 1 saturated heterocycles. The Hall–Kier alpha value is -3.79. The second kappa shape index (κ2) is 17.6. The van der Waals surface area contributed by atoms with Crippen LogP contribution >= 0.6 is 11.6 Å². The van der Waals surface area contributed by atoms with Gasteiger partial charge in [0.05, 0.1) is 35.9 Å². The molecular weight excluding hydrogens is 668 g/mol. The SMILES string of the molecule is CC(NC(CO)CO)c1cc(Cl)c(OCC2(OCCCN3CC[C@@H](O)C3)C=CC=C(c3ccccc3)C2(C)C)cc1OCc1cncc(C#N)c1. The average molecular weight is 717 g/mol. The number of aliphatic hydroxyl groups excluding tert-OH is 3. The zero-order valence-corrected chi connectivity index (χ0v) is 30.4. The van der Waals surface area contributed by atoms with E-state index in [2.05, 4.69) is 59.4 Å². The van der Waals surface area contributed by atoms with Crippen molar-refractivity contribution in [2.45, 2.75) is 64.0 Å². The fraction of sp³-hybridized carbons (Fsp3) is 0.450. The number of hydrogen-bond acceptors (Lipinski definition) is 10. The van der Waals surface area contributed by atoms with Gasteiger partial charge in [0.1, 0.15) is 36.4 Å². The Morgan fingerprint density at radius 2 is 1.88 bits per heavy atom. The number of rotatable bonds is 17. The molecule has 3 aromatic rings. The third kappa shape index (κ3) is 9.36. The van der Waals surface area contributed by atoms with Crippen molar-refractivity contribution in [2.75, 3.05) is 46.1 Å². The fourth-order valence-electron chi connectivity index (χ4n) is 6.78. The van der Waals surface area contributed by atoms with Gasteiger partial charge in [-0.2, -0.15) is 5.26 Å². The molecule has 0 bridgehead atoms. The molecule has 272 valence electrons. The number of aromatic nitrogens is 1. The minimum absolute atomic E-state index is 0.134. The zero-order valence-electron chi connectivity index (χ0n) is 29.6. The standard InChI is InChI=1S/C40H49ClN4O6/c1-28(44-32(24-46)25-47)34-18-36(41)38(19-37(34)49-26-30-17-29(20-42)21-43-22-30)50-27-40(51-16-8-14-45-15-12-33(48)23-45)13-7-11-35(39(40,2)3)31-9-5-4-6-10-31/h4-7,9-11,13,17-19,21-22,28,32-33,44,46-48H,8,12,14-16,23-27H2,1-3H3/t28?,33-,40?/m1/s1. The van der Waals surface area contributed by atoms with Crippen LogP contribution in [0, 0.1) is 16.7 Å². The van der Waals surface area contributed by atoms with Crippen LogP contribution < -0.4 is 14.8 Å². The summed E-state index contributed by atoms with van der Waals surface area (Å²) in [6, 6.07) is 16.7. The second-order valence-corrected chi connectivity index (χ2v) is 14.2. The Kier molecular flexibility index (Phi) is 13.3. The average Bonchev–Trinajstić information content (AvgIpc) is 3.56. The van der Waals surface area contributed by atoms with Crippen molar-refractivity contribution >= 4 is 17.2 Å². The predicted molar refractivity (Wildman–Crippen MR) is 197 cm³/mol. The number of pyridine rings is 1. The van der Waals surface area contributed by atoms with Crippen LogP contribution in [0.4, 0.5) is 0 Å². The third-order valence-corrected chi connectivity index (χ3v) is 10.2. The topological polar surface area (TPSA) is 140 Å². The van der Waals surface area contributed by atoms with Gasteiger partial charge in [0.25, 0.3) is 0 Å². The molecule has 11 heteroatoms. The molecule has 0 spiro atoms. The maximum atomic E-state index is 9.99. The van der Waals surface area contributed by atoms with Gasteiger partial charge < -0.3 is 39.7 Å². The van der Waals surface area contributed by atoms with Gasteiger partial charge >= 0.3 is 0 Å². The summed E-state index contributed by atoms with van der Waals surface area (Å²) in [4.78, 5) is 6.42. The Morgan fingerprint density at radius 3 is 2.59 bits per heavy atom. The summed E-state index contributed by atoms with van der Waals surface area (Å²) in [5.74, 6) is 0.888. The van der Waals surface area contributed by atoms with E-state index in [-0.39, 0.29) is 38.6 Å². The summed E-state index contributed by atoms with van der Waals surface area (Å²) in [5.41, 5.74) is 2.69. The third-order valence-electron chi connectivity index (χ3n) is 9.89. The molecule has 10 nitrogen and oxygen atoms in total. The summed E-state index contributed by atoms with van der Waals surface area (Å²) in [6.45, 7) is 8.93. The maximum absolute atomic E-state index is 9.99. The lowest BCUT2D eigenvalue weighted by Gasteiger charge is -2.47. The van der Waals surface area contributed by atoms with Crippen LogP contribution in [0.25, 0.3) is 5.57 Å². The van der Waals surface area contributed by atoms with E-state index in [9.17, 15) is 20.6 Å². The monoisotopic (exact) mass is 716 g/mol. The van der Waals surface area contributed by atoms with E-state index in [4.69, 9.17) is 25.8 Å². The number of likely N-dealkylation sites (tertiary alicyclic amines) is 1. The minimum Gasteiger partial charge on any atom is -0.488 e. The molecule has 51 heavy (non-hydrogen) atoms. The number of hydrogen-bond donors (Lipinski definition) is 4. The highest BCUT2D eigenvalue weighted by molar-refractivity contribution is 6.32. The van der Waals surface area contributed by atoms with Gasteiger partial charge in [-0.25, -0.2) is 0 Å². The molecule has 0 amide bonds. The van der Waals surface area contributed by atoms with Crippen molar-refractivity contribution < 1.29 is 29.5 Å². The van der Waals surface area contributed by atoms with E-state index in [1.807, 2.05) is 31.2 Å². The first-order valence-electron chi connectivity index (χ1n) is 17.5. The second-order valence-electron chi connectivity index (χ2n) is 13.8. The number of allylic oxidation sites excluding steroid dienone is 2. The summed E-state index contributed by atoms with van der Waals surface area (Å²) in [5, 5.41) is 42.4. The highest BCUT2D eigenvalue weighted by Gasteiger charge is 2.49. The van der Waals surface area contributed by atoms with E-state index in [1.54, 1.807) is 24.4 Å². The van der Waals surface area contributed by atoms with Crippen LogP contribution in [0.1, 0.15) is 61.9 Å². The van der Waals surface area contributed by atoms with Gasteiger partial charge in [-0.1, -0.05) is 67.9 Å². The van der Waals surface area contributed by atoms with Crippen molar-refractivity contribution in [1.82, 2.24) is 15.2 Å². The van der Waals surface area contributed by atoms with Gasteiger partial charge in [-0.3, -0.25) is 4.98 Å². The Balaban J connectivity index is 1.43. The molecule has 2 unspecified atom stereocenters. The lowest BCUT2D eigenvalue weighted by Crippen LogP contribution is -2.52. The van der Waals surface area contributed by atoms with Crippen LogP contribution in [0.3, 0.4) is 0 Å². The molecule has 2 aliphatic rings. The lowest BCUT2D eigenvalue weighted by atomic mass is 9.65. The molecule has 5 rings (SSSR count). The molecule has 4 N–H and O–H groups in total. The number of nitriles is 1. The molecule has 1 fully saturated rings. The minimum atomic E-state index is -0.867. The molecule has 2 heterocycles. The van der Waals surface area contributed by atoms with Crippen molar-refractivity contribution in [2.24, 2.45) is 5.41 Å². The highest BCUT2D eigenvalue weighted by Crippen LogP contribution is 2.49. The molecule has 1 aromatic heterocycles. The van der Waals surface area contributed by atoms with E-state index in [0.29, 0.717) is 46.4 Å². The van der Waals surface area contributed by atoms with Crippen molar-refractivity contribution in [3.05, 3.63) is 106 Å². The Labute approximate surface area is 305 Å². The summed E-state index contributed by atoms with van der Waals surface area (Å²) in [7, 11) is 0. The first kappa shape index (κ1) is 38.4. The first-order chi connectivity index (χ1) is 24.6. The van der Waals surface area contributed by atoms with Gasteiger partial charge in [0, 0.05) is 67.3 Å². The maximum Gasteiger partial charge on any atom is 0.141 e. The van der Waals surface area contributed by atoms with E-state index in [1.165, 1.54) is 6.20 Å². The molecule has 3 atom stereocenters. The van der Waals surface area contributed by atoms with Crippen molar-refractivity contribution in [3.8, 4) is 17.6 Å². The lowest BCUT2D eigenvalue weighted by molar-refractivity contribution is -0.0926. The molecule has 1 aliphatic heterocycles. The number of nitrogens with one attached hydrogen (secondary N) is 1. The van der Waals surface area contributed by atoms with Crippen LogP contribution in [0.2, 0.25) is 5.02 Å². The number of β-amino-alcohol motifs (C(OH)–C–C–N with tert-alkyl or cyclic N) is 1. The smallest absolute Gasteiger partial charge is 0.141 e. The van der Waals surface area contributed by atoms with Gasteiger partial charge in [-0.15, -0.1) is 0 Å². The van der Waals surface area contributed by atoms with Crippen LogP contribution in [0.5, 0.6) is 11.5 Å². The van der Waals surface area contributed by atoms with Crippen LogP contribution in [-0.2, 0) is 11.3 Å².